The summed E-state index contributed by atoms with van der Waals surface area (Å²) in [7, 11) is -3.65. The van der Waals surface area contributed by atoms with E-state index in [9.17, 15) is 18.0 Å². The smallest absolute Gasteiger partial charge is 0.341 e. The van der Waals surface area contributed by atoms with Gasteiger partial charge < -0.3 is 14.5 Å². The number of carbonyl (C=O) groups is 2. The maximum atomic E-state index is 13.0. The summed E-state index contributed by atoms with van der Waals surface area (Å²) in [4.78, 5) is 29.6. The van der Waals surface area contributed by atoms with Crippen LogP contribution in [0.25, 0.3) is 11.3 Å². The highest BCUT2D eigenvalue weighted by atomic mass is 32.2. The summed E-state index contributed by atoms with van der Waals surface area (Å²) in [6.45, 7) is 2.36. The lowest BCUT2D eigenvalue weighted by Gasteiger charge is -2.30. The Morgan fingerprint density at radius 3 is 2.70 bits per heavy atom. The summed E-state index contributed by atoms with van der Waals surface area (Å²) in [6, 6.07) is 6.53. The highest BCUT2D eigenvalue weighted by Crippen LogP contribution is 2.37. The molecule has 1 N–H and O–H groups in total. The van der Waals surface area contributed by atoms with Gasteiger partial charge in [-0.05, 0) is 44.0 Å². The molecule has 0 radical (unpaired) electrons. The van der Waals surface area contributed by atoms with Crippen LogP contribution in [0.1, 0.15) is 30.1 Å². The molecule has 3 aromatic heterocycles. The van der Waals surface area contributed by atoms with Crippen molar-refractivity contribution in [3.05, 3.63) is 53.9 Å². The number of aromatic nitrogens is 1. The van der Waals surface area contributed by atoms with Gasteiger partial charge in [-0.2, -0.15) is 4.31 Å². The number of carbonyl (C=O) groups excluding carboxylic acids is 2. The number of piperidine rings is 1. The molecule has 0 unspecified atom stereocenters. The van der Waals surface area contributed by atoms with Crippen molar-refractivity contribution in [2.45, 2.75) is 24.7 Å². The number of hydrogen-bond acceptors (Lipinski definition) is 8. The first-order valence-corrected chi connectivity index (χ1v) is 12.8. The van der Waals surface area contributed by atoms with Gasteiger partial charge in [-0.15, -0.1) is 11.3 Å². The number of amides is 1. The second-order valence-electron chi connectivity index (χ2n) is 7.41. The summed E-state index contributed by atoms with van der Waals surface area (Å²) in [6.07, 6.45) is 5.08. The van der Waals surface area contributed by atoms with E-state index in [-0.39, 0.29) is 42.0 Å². The van der Waals surface area contributed by atoms with Crippen molar-refractivity contribution >= 4 is 38.2 Å². The van der Waals surface area contributed by atoms with Crippen molar-refractivity contribution < 1.29 is 27.2 Å². The van der Waals surface area contributed by atoms with Gasteiger partial charge in [0.1, 0.15) is 21.2 Å². The lowest BCUT2D eigenvalue weighted by molar-refractivity contribution is -0.120. The zero-order valence-electron chi connectivity index (χ0n) is 17.9. The van der Waals surface area contributed by atoms with Crippen molar-refractivity contribution in [1.29, 1.82) is 0 Å². The zero-order valence-corrected chi connectivity index (χ0v) is 19.5. The monoisotopic (exact) mass is 489 g/mol. The van der Waals surface area contributed by atoms with Crippen LogP contribution in [0.5, 0.6) is 0 Å². The molecule has 1 saturated heterocycles. The van der Waals surface area contributed by atoms with E-state index in [1.807, 2.05) is 0 Å². The molecule has 3 aromatic rings. The molecule has 1 aliphatic heterocycles. The van der Waals surface area contributed by atoms with Crippen LogP contribution in [0.4, 0.5) is 5.00 Å². The molecule has 33 heavy (non-hydrogen) atoms. The summed E-state index contributed by atoms with van der Waals surface area (Å²) in [5.41, 5.74) is 0.804. The second kappa shape index (κ2) is 9.86. The zero-order chi connectivity index (χ0) is 23.4. The van der Waals surface area contributed by atoms with Crippen LogP contribution >= 0.6 is 11.3 Å². The average Bonchev–Trinajstić information content (AvgIpc) is 3.50. The molecular formula is C22H23N3O6S2. The number of rotatable bonds is 7. The molecular weight excluding hydrogens is 466 g/mol. The van der Waals surface area contributed by atoms with Gasteiger partial charge in [0.05, 0.1) is 12.9 Å². The molecule has 0 aliphatic carbocycles. The number of thiophene rings is 1. The molecule has 0 bridgehead atoms. The number of anilines is 1. The van der Waals surface area contributed by atoms with Crippen molar-refractivity contribution in [1.82, 2.24) is 9.29 Å². The highest BCUT2D eigenvalue weighted by molar-refractivity contribution is 7.89. The van der Waals surface area contributed by atoms with Crippen LogP contribution in [0.2, 0.25) is 0 Å². The Morgan fingerprint density at radius 1 is 1.27 bits per heavy atom. The topological polar surface area (TPSA) is 119 Å². The number of furan rings is 1. The van der Waals surface area contributed by atoms with Crippen molar-refractivity contribution in [3.8, 4) is 11.3 Å². The van der Waals surface area contributed by atoms with Crippen LogP contribution in [-0.4, -0.2) is 49.3 Å². The molecule has 0 spiro atoms. The standard InChI is InChI=1S/C22H23N3O6S2/c1-2-30-22(27)19-17(18-6-4-12-31-18)14-32-21(19)24-20(26)15-7-10-25(11-8-15)33(28,29)16-5-3-9-23-13-16/h3-6,9,12-15H,2,7-8,10-11H2,1H3,(H,24,26). The number of nitrogens with zero attached hydrogens (tertiary/aromatic N) is 2. The third-order valence-corrected chi connectivity index (χ3v) is 8.17. The van der Waals surface area contributed by atoms with Gasteiger partial charge in [0.2, 0.25) is 15.9 Å². The fourth-order valence-electron chi connectivity index (χ4n) is 3.69. The van der Waals surface area contributed by atoms with Crippen molar-refractivity contribution in [3.63, 3.8) is 0 Å². The van der Waals surface area contributed by atoms with Gasteiger partial charge in [-0.25, -0.2) is 13.2 Å². The van der Waals surface area contributed by atoms with Crippen LogP contribution in [-0.2, 0) is 19.6 Å². The van der Waals surface area contributed by atoms with Gasteiger partial charge in [0.25, 0.3) is 0 Å². The minimum absolute atomic E-state index is 0.135. The number of hydrogen-bond donors (Lipinski definition) is 1. The molecule has 1 amide bonds. The minimum Gasteiger partial charge on any atom is -0.464 e. The second-order valence-corrected chi connectivity index (χ2v) is 10.2. The van der Waals surface area contributed by atoms with E-state index in [0.29, 0.717) is 29.2 Å². The van der Waals surface area contributed by atoms with E-state index in [2.05, 4.69) is 10.3 Å². The number of esters is 1. The fourth-order valence-corrected chi connectivity index (χ4v) is 6.06. The van der Waals surface area contributed by atoms with Crippen molar-refractivity contribution in [2.75, 3.05) is 25.0 Å². The summed E-state index contributed by atoms with van der Waals surface area (Å²) < 4.78 is 37.5. The predicted molar refractivity (Wildman–Crippen MR) is 122 cm³/mol. The van der Waals surface area contributed by atoms with Crippen LogP contribution in [0.3, 0.4) is 0 Å². The van der Waals surface area contributed by atoms with E-state index in [1.54, 1.807) is 30.5 Å². The molecule has 0 saturated carbocycles. The molecule has 4 heterocycles. The van der Waals surface area contributed by atoms with E-state index in [0.717, 1.165) is 0 Å². The Hall–Kier alpha value is -3.02. The van der Waals surface area contributed by atoms with Gasteiger partial charge in [0.15, 0.2) is 0 Å². The van der Waals surface area contributed by atoms with Gasteiger partial charge >= 0.3 is 5.97 Å². The largest absolute Gasteiger partial charge is 0.464 e. The Labute approximate surface area is 195 Å². The van der Waals surface area contributed by atoms with E-state index in [4.69, 9.17) is 9.15 Å². The van der Waals surface area contributed by atoms with Crippen LogP contribution < -0.4 is 5.32 Å². The first kappa shape index (κ1) is 23.1. The molecule has 174 valence electrons. The Kier molecular flexibility index (Phi) is 6.91. The van der Waals surface area contributed by atoms with Gasteiger partial charge in [-0.3, -0.25) is 9.78 Å². The molecule has 9 nitrogen and oxygen atoms in total. The molecule has 1 aliphatic rings. The molecule has 1 fully saturated rings. The molecule has 4 rings (SSSR count). The lowest BCUT2D eigenvalue weighted by Crippen LogP contribution is -2.41. The minimum atomic E-state index is -3.65. The Morgan fingerprint density at radius 2 is 2.06 bits per heavy atom. The van der Waals surface area contributed by atoms with Crippen molar-refractivity contribution in [2.24, 2.45) is 5.92 Å². The summed E-state index contributed by atoms with van der Waals surface area (Å²) in [5, 5.41) is 4.97. The summed E-state index contributed by atoms with van der Waals surface area (Å²) >= 11 is 1.22. The molecule has 11 heteroatoms. The number of ether oxygens (including phenoxy) is 1. The lowest BCUT2D eigenvalue weighted by atomic mass is 9.97. The van der Waals surface area contributed by atoms with E-state index in [1.165, 1.54) is 40.4 Å². The Balaban J connectivity index is 1.46. The van der Waals surface area contributed by atoms with Gasteiger partial charge in [0, 0.05) is 42.3 Å². The van der Waals surface area contributed by atoms with Gasteiger partial charge in [-0.1, -0.05) is 0 Å². The Bertz CT molecular complexity index is 1210. The van der Waals surface area contributed by atoms with E-state index < -0.39 is 16.0 Å². The third-order valence-electron chi connectivity index (χ3n) is 5.39. The van der Waals surface area contributed by atoms with E-state index >= 15 is 0 Å². The molecule has 0 aromatic carbocycles. The third kappa shape index (κ3) is 4.85. The highest BCUT2D eigenvalue weighted by Gasteiger charge is 2.33. The SMILES string of the molecule is CCOC(=O)c1c(-c2ccco2)csc1NC(=O)C1CCN(S(=O)(=O)c2cccnc2)CC1. The first-order valence-electron chi connectivity index (χ1n) is 10.4. The first-order chi connectivity index (χ1) is 15.9. The summed E-state index contributed by atoms with van der Waals surface area (Å²) in [5.74, 6) is -0.678. The normalized spacial score (nSPS) is 15.3. The number of sulfonamides is 1. The maximum absolute atomic E-state index is 13.0. The number of nitrogens with one attached hydrogen (secondary N) is 1. The molecule has 0 atom stereocenters. The fraction of sp³-hybridized carbons (Fsp3) is 0.318. The quantitative estimate of drug-likeness (QED) is 0.504. The number of pyridine rings is 1. The average molecular weight is 490 g/mol. The van der Waals surface area contributed by atoms with Crippen LogP contribution in [0, 0.1) is 5.92 Å². The van der Waals surface area contributed by atoms with Crippen LogP contribution in [0.15, 0.2) is 57.6 Å². The predicted octanol–water partition coefficient (Wildman–Crippen LogP) is 3.62. The maximum Gasteiger partial charge on any atom is 0.341 e.